The van der Waals surface area contributed by atoms with Gasteiger partial charge >= 0.3 is 0 Å². The van der Waals surface area contributed by atoms with Crippen LogP contribution in [-0.2, 0) is 0 Å². The molecule has 0 fully saturated rings. The number of rotatable bonds is 4. The Morgan fingerprint density at radius 1 is 0.778 bits per heavy atom. The second-order valence-corrected chi connectivity index (χ2v) is 6.71. The summed E-state index contributed by atoms with van der Waals surface area (Å²) in [5, 5.41) is 2.30. The van der Waals surface area contributed by atoms with Crippen LogP contribution in [0.3, 0.4) is 0 Å². The Bertz CT molecular complexity index is 1020. The summed E-state index contributed by atoms with van der Waals surface area (Å²) >= 11 is 0. The van der Waals surface area contributed by atoms with Gasteiger partial charge in [0.1, 0.15) is 0 Å². The normalized spacial score (nSPS) is 16.4. The van der Waals surface area contributed by atoms with Crippen molar-refractivity contribution in [3.05, 3.63) is 69.8 Å². The predicted octanol–water partition coefficient (Wildman–Crippen LogP) is 2.73. The number of carbonyl (C=O) groups excluding carboxylic acids is 4. The van der Waals surface area contributed by atoms with Crippen molar-refractivity contribution in [2.45, 2.75) is 26.2 Å². The molecular weight excluding hydrogens is 344 g/mol. The van der Waals surface area contributed by atoms with E-state index in [1.807, 2.05) is 19.1 Å². The van der Waals surface area contributed by atoms with Crippen LogP contribution in [0.2, 0.25) is 0 Å². The van der Waals surface area contributed by atoms with Crippen molar-refractivity contribution in [2.24, 2.45) is 0 Å². The lowest BCUT2D eigenvalue weighted by atomic mass is 9.86. The zero-order valence-corrected chi connectivity index (χ0v) is 15.0. The summed E-state index contributed by atoms with van der Waals surface area (Å²) in [7, 11) is 0. The summed E-state index contributed by atoms with van der Waals surface area (Å²) in [4.78, 5) is 49.7. The number of hydrogen-bond acceptors (Lipinski definition) is 4. The molecule has 1 atom stereocenters. The minimum Gasteiger partial charge on any atom is -0.288 e. The quantitative estimate of drug-likeness (QED) is 0.848. The Balaban J connectivity index is 1.76. The minimum absolute atomic E-state index is 0.0531. The molecule has 6 heteroatoms. The van der Waals surface area contributed by atoms with Crippen molar-refractivity contribution in [1.29, 1.82) is 0 Å². The van der Waals surface area contributed by atoms with Gasteiger partial charge in [-0.2, -0.15) is 0 Å². The fourth-order valence-corrected chi connectivity index (χ4v) is 3.88. The lowest BCUT2D eigenvalue weighted by molar-refractivity contribution is 0.0661. The van der Waals surface area contributed by atoms with Crippen molar-refractivity contribution in [3.8, 4) is 0 Å². The number of benzene rings is 2. The molecule has 0 aromatic heterocycles. The Morgan fingerprint density at radius 3 is 1.96 bits per heavy atom. The van der Waals surface area contributed by atoms with Crippen molar-refractivity contribution in [3.63, 3.8) is 0 Å². The molecule has 1 N–H and O–H groups in total. The van der Waals surface area contributed by atoms with Crippen molar-refractivity contribution in [1.82, 2.24) is 10.2 Å². The third-order valence-corrected chi connectivity index (χ3v) is 5.28. The molecule has 2 aliphatic rings. The predicted molar refractivity (Wildman–Crippen MR) is 97.9 cm³/mol. The van der Waals surface area contributed by atoms with Gasteiger partial charge < -0.3 is 0 Å². The average Bonchev–Trinajstić information content (AvgIpc) is 3.09. The highest BCUT2D eigenvalue weighted by molar-refractivity contribution is 6.22. The highest BCUT2D eigenvalue weighted by atomic mass is 16.2. The molecule has 2 aromatic rings. The molecule has 0 aliphatic carbocycles. The van der Waals surface area contributed by atoms with E-state index in [0.29, 0.717) is 28.8 Å². The van der Waals surface area contributed by atoms with Crippen LogP contribution in [0.1, 0.15) is 78.7 Å². The van der Waals surface area contributed by atoms with Gasteiger partial charge in [-0.25, -0.2) is 0 Å². The number of carbonyl (C=O) groups is 4. The fraction of sp³-hybridized carbons (Fsp3) is 0.238. The third-order valence-electron chi connectivity index (χ3n) is 5.28. The van der Waals surface area contributed by atoms with Gasteiger partial charge in [-0.1, -0.05) is 19.1 Å². The first-order chi connectivity index (χ1) is 13.0. The Kier molecular flexibility index (Phi) is 3.91. The molecular formula is C21H18N2O4. The van der Waals surface area contributed by atoms with Gasteiger partial charge in [0, 0.05) is 12.5 Å². The second kappa shape index (κ2) is 6.16. The highest BCUT2D eigenvalue weighted by Crippen LogP contribution is 2.33. The summed E-state index contributed by atoms with van der Waals surface area (Å²) in [5.74, 6) is -1.35. The Hall–Kier alpha value is -3.28. The van der Waals surface area contributed by atoms with E-state index in [1.165, 1.54) is 4.90 Å². The molecule has 4 rings (SSSR count). The largest absolute Gasteiger partial charge is 0.288 e. The molecule has 0 radical (unpaired) electrons. The van der Waals surface area contributed by atoms with Crippen LogP contribution in [0, 0.1) is 0 Å². The van der Waals surface area contributed by atoms with Gasteiger partial charge in [0.2, 0.25) is 0 Å². The zero-order chi connectivity index (χ0) is 19.3. The number of hydrogen-bond donors (Lipinski definition) is 1. The Morgan fingerprint density at radius 2 is 1.33 bits per heavy atom. The molecule has 0 spiro atoms. The Labute approximate surface area is 156 Å². The molecule has 4 amide bonds. The SMILES string of the molecule is CCC(c1ccc2c(c1)C(=O)NC2=O)c1ccc2c(c1)C(=O)N(CC)C2=O. The summed E-state index contributed by atoms with van der Waals surface area (Å²) in [6.07, 6.45) is 0.743. The molecule has 1 unspecified atom stereocenters. The maximum Gasteiger partial charge on any atom is 0.261 e. The lowest BCUT2D eigenvalue weighted by Gasteiger charge is -2.17. The molecule has 2 aliphatic heterocycles. The van der Waals surface area contributed by atoms with E-state index in [4.69, 9.17) is 0 Å². The standard InChI is InChI=1S/C21H18N2O4/c1-3-13(11-5-7-14-16(9-11)19(25)22-18(14)24)12-6-8-15-17(10-12)21(27)23(4-2)20(15)26/h5-10,13H,3-4H2,1-2H3,(H,22,24,25). The number of nitrogens with zero attached hydrogens (tertiary/aromatic N) is 1. The maximum atomic E-state index is 12.5. The number of imide groups is 2. The van der Waals surface area contributed by atoms with Crippen LogP contribution >= 0.6 is 0 Å². The van der Waals surface area contributed by atoms with Gasteiger partial charge in [0.25, 0.3) is 23.6 Å². The maximum absolute atomic E-state index is 12.5. The van der Waals surface area contributed by atoms with Crippen LogP contribution in [-0.4, -0.2) is 35.1 Å². The molecule has 0 saturated carbocycles. The smallest absolute Gasteiger partial charge is 0.261 e. The van der Waals surface area contributed by atoms with E-state index in [1.54, 1.807) is 31.2 Å². The van der Waals surface area contributed by atoms with E-state index in [0.717, 1.165) is 17.5 Å². The third kappa shape index (κ3) is 2.48. The summed E-state index contributed by atoms with van der Waals surface area (Å²) in [5.41, 5.74) is 3.41. The van der Waals surface area contributed by atoms with Crippen molar-refractivity contribution < 1.29 is 19.2 Å². The van der Waals surface area contributed by atoms with Crippen LogP contribution in [0.4, 0.5) is 0 Å². The lowest BCUT2D eigenvalue weighted by Crippen LogP contribution is -2.29. The minimum atomic E-state index is -0.389. The highest BCUT2D eigenvalue weighted by Gasteiger charge is 2.35. The molecule has 0 bridgehead atoms. The van der Waals surface area contributed by atoms with Crippen molar-refractivity contribution >= 4 is 23.6 Å². The van der Waals surface area contributed by atoms with E-state index in [2.05, 4.69) is 5.32 Å². The van der Waals surface area contributed by atoms with Crippen LogP contribution in [0.15, 0.2) is 36.4 Å². The zero-order valence-electron chi connectivity index (χ0n) is 15.0. The molecule has 2 aromatic carbocycles. The van der Waals surface area contributed by atoms with Gasteiger partial charge in [-0.15, -0.1) is 0 Å². The van der Waals surface area contributed by atoms with Crippen LogP contribution in [0.25, 0.3) is 0 Å². The topological polar surface area (TPSA) is 83.6 Å². The monoisotopic (exact) mass is 362 g/mol. The number of fused-ring (bicyclic) bond motifs is 2. The number of nitrogens with one attached hydrogen (secondary N) is 1. The van der Waals surface area contributed by atoms with Crippen LogP contribution < -0.4 is 5.32 Å². The van der Waals surface area contributed by atoms with Gasteiger partial charge in [-0.05, 0) is 48.7 Å². The fourth-order valence-electron chi connectivity index (χ4n) is 3.88. The molecule has 27 heavy (non-hydrogen) atoms. The summed E-state index contributed by atoms with van der Waals surface area (Å²) in [6, 6.07) is 10.6. The first kappa shape index (κ1) is 17.1. The first-order valence-electron chi connectivity index (χ1n) is 8.96. The molecule has 0 saturated heterocycles. The summed E-state index contributed by atoms with van der Waals surface area (Å²) in [6.45, 7) is 4.13. The molecule has 136 valence electrons. The van der Waals surface area contributed by atoms with E-state index in [9.17, 15) is 19.2 Å². The average molecular weight is 362 g/mol. The van der Waals surface area contributed by atoms with Gasteiger partial charge in [-0.3, -0.25) is 29.4 Å². The van der Waals surface area contributed by atoms with E-state index >= 15 is 0 Å². The summed E-state index contributed by atoms with van der Waals surface area (Å²) < 4.78 is 0. The molecule has 6 nitrogen and oxygen atoms in total. The van der Waals surface area contributed by atoms with Crippen molar-refractivity contribution in [2.75, 3.05) is 6.54 Å². The second-order valence-electron chi connectivity index (χ2n) is 6.71. The van der Waals surface area contributed by atoms with Gasteiger partial charge in [0.05, 0.1) is 22.3 Å². The van der Waals surface area contributed by atoms with E-state index < -0.39 is 0 Å². The number of amides is 4. The van der Waals surface area contributed by atoms with Gasteiger partial charge in [0.15, 0.2) is 0 Å². The van der Waals surface area contributed by atoms with E-state index in [-0.39, 0.29) is 29.5 Å². The molecule has 2 heterocycles. The van der Waals surface area contributed by atoms with Crippen LogP contribution in [0.5, 0.6) is 0 Å². The first-order valence-corrected chi connectivity index (χ1v) is 8.96.